The molecule has 106 valence electrons. The van der Waals surface area contributed by atoms with E-state index in [1.165, 1.54) is 0 Å². The number of aryl methyl sites for hydroxylation is 1. The molecule has 0 unspecified atom stereocenters. The second-order valence-electron chi connectivity index (χ2n) is 4.39. The first kappa shape index (κ1) is 12.9. The number of nitrogens with zero attached hydrogens (tertiary/aromatic N) is 4. The molecule has 0 atom stereocenters. The maximum absolute atomic E-state index is 12.6. The molecule has 0 radical (unpaired) electrons. The largest absolute Gasteiger partial charge is 0.433 e. The van der Waals surface area contributed by atoms with Gasteiger partial charge in [-0.05, 0) is 6.07 Å². The van der Waals surface area contributed by atoms with Crippen LogP contribution in [0.3, 0.4) is 0 Å². The Kier molecular flexibility index (Phi) is 2.85. The average Bonchev–Trinajstić information content (AvgIpc) is 2.95. The molecule has 20 heavy (non-hydrogen) atoms. The Morgan fingerprint density at radius 3 is 2.90 bits per heavy atom. The Hall–Kier alpha value is -2.16. The smallest absolute Gasteiger partial charge is 0.307 e. The van der Waals surface area contributed by atoms with E-state index in [0.717, 1.165) is 23.5 Å². The number of anilines is 2. The van der Waals surface area contributed by atoms with Gasteiger partial charge in [-0.2, -0.15) is 18.3 Å². The van der Waals surface area contributed by atoms with Crippen molar-refractivity contribution in [2.24, 2.45) is 7.05 Å². The Labute approximate surface area is 112 Å². The van der Waals surface area contributed by atoms with E-state index in [-0.39, 0.29) is 5.95 Å². The van der Waals surface area contributed by atoms with Gasteiger partial charge < -0.3 is 10.6 Å². The van der Waals surface area contributed by atoms with Crippen LogP contribution in [-0.2, 0) is 26.3 Å². The van der Waals surface area contributed by atoms with Crippen LogP contribution in [0.5, 0.6) is 0 Å². The monoisotopic (exact) mass is 284 g/mol. The summed E-state index contributed by atoms with van der Waals surface area (Å²) in [5.74, 6) is 0.361. The molecule has 0 amide bonds. The highest BCUT2D eigenvalue weighted by atomic mass is 19.4. The zero-order valence-corrected chi connectivity index (χ0v) is 10.5. The van der Waals surface area contributed by atoms with E-state index in [0.29, 0.717) is 18.9 Å². The van der Waals surface area contributed by atoms with Gasteiger partial charge >= 0.3 is 6.18 Å². The lowest BCUT2D eigenvalue weighted by molar-refractivity contribution is -0.141. The zero-order chi connectivity index (χ0) is 14.3. The van der Waals surface area contributed by atoms with E-state index in [1.807, 2.05) is 0 Å². The third kappa shape index (κ3) is 2.20. The van der Waals surface area contributed by atoms with Crippen LogP contribution in [0.25, 0.3) is 0 Å². The van der Waals surface area contributed by atoms with Crippen molar-refractivity contribution in [3.8, 4) is 0 Å². The summed E-state index contributed by atoms with van der Waals surface area (Å²) in [6.07, 6.45) is -3.42. The predicted octanol–water partition coefficient (Wildman–Crippen LogP) is 1.58. The van der Waals surface area contributed by atoms with Gasteiger partial charge in [0.1, 0.15) is 5.69 Å². The molecule has 2 N–H and O–H groups in total. The molecule has 1 aliphatic rings. The molecular formula is C11H11F3N6. The fourth-order valence-electron chi connectivity index (χ4n) is 2.10. The van der Waals surface area contributed by atoms with Gasteiger partial charge in [0.05, 0.1) is 5.69 Å². The van der Waals surface area contributed by atoms with Gasteiger partial charge in [0.25, 0.3) is 0 Å². The van der Waals surface area contributed by atoms with Gasteiger partial charge in [-0.3, -0.25) is 4.68 Å². The summed E-state index contributed by atoms with van der Waals surface area (Å²) in [7, 11) is 1.78. The molecule has 0 saturated carbocycles. The highest BCUT2D eigenvalue weighted by Gasteiger charge is 2.33. The van der Waals surface area contributed by atoms with Crippen LogP contribution in [0.15, 0.2) is 12.3 Å². The molecule has 3 heterocycles. The molecular weight excluding hydrogens is 273 g/mol. The number of fused-ring (bicyclic) bond motifs is 1. The van der Waals surface area contributed by atoms with Crippen molar-refractivity contribution < 1.29 is 13.2 Å². The molecule has 0 saturated heterocycles. The van der Waals surface area contributed by atoms with E-state index in [1.54, 1.807) is 11.7 Å². The van der Waals surface area contributed by atoms with Crippen LogP contribution in [0, 0.1) is 0 Å². The number of rotatable bonds is 2. The summed E-state index contributed by atoms with van der Waals surface area (Å²) in [4.78, 5) is 7.25. The first-order chi connectivity index (χ1) is 9.45. The summed E-state index contributed by atoms with van der Waals surface area (Å²) in [6.45, 7) is 1.30. The summed E-state index contributed by atoms with van der Waals surface area (Å²) in [5, 5.41) is 10.1. The molecule has 2 aromatic rings. The Morgan fingerprint density at radius 1 is 1.35 bits per heavy atom. The fraction of sp³-hybridized carbons (Fsp3) is 0.364. The minimum absolute atomic E-state index is 0.118. The second kappa shape index (κ2) is 4.44. The molecule has 0 aliphatic carbocycles. The SMILES string of the molecule is Cn1nc(Nc2nccc(C(F)(F)F)n2)c2c1CNC2. The Bertz CT molecular complexity index is 648. The molecule has 3 rings (SSSR count). The second-order valence-corrected chi connectivity index (χ2v) is 4.39. The van der Waals surface area contributed by atoms with Crippen molar-refractivity contribution in [2.75, 3.05) is 5.32 Å². The number of nitrogens with one attached hydrogen (secondary N) is 2. The Morgan fingerprint density at radius 2 is 2.15 bits per heavy atom. The van der Waals surface area contributed by atoms with Gasteiger partial charge in [0.2, 0.25) is 5.95 Å². The number of hydrogen-bond acceptors (Lipinski definition) is 5. The van der Waals surface area contributed by atoms with Gasteiger partial charge in [-0.25, -0.2) is 9.97 Å². The minimum atomic E-state index is -4.49. The van der Waals surface area contributed by atoms with E-state index in [4.69, 9.17) is 0 Å². The standard InChI is InChI=1S/C11H11F3N6/c1-20-7-5-15-4-6(7)9(19-20)18-10-16-3-2-8(17-10)11(12,13)14/h2-3,15H,4-5H2,1H3,(H,16,17,18,19). The average molecular weight is 284 g/mol. The molecule has 2 aromatic heterocycles. The quantitative estimate of drug-likeness (QED) is 0.876. The van der Waals surface area contributed by atoms with Gasteiger partial charge in [0, 0.05) is 31.9 Å². The van der Waals surface area contributed by atoms with Crippen molar-refractivity contribution in [3.05, 3.63) is 29.2 Å². The van der Waals surface area contributed by atoms with Crippen molar-refractivity contribution >= 4 is 11.8 Å². The van der Waals surface area contributed by atoms with Crippen molar-refractivity contribution in [3.63, 3.8) is 0 Å². The molecule has 9 heteroatoms. The maximum Gasteiger partial charge on any atom is 0.433 e. The molecule has 6 nitrogen and oxygen atoms in total. The van der Waals surface area contributed by atoms with E-state index < -0.39 is 11.9 Å². The molecule has 0 bridgehead atoms. The van der Waals surface area contributed by atoms with Gasteiger partial charge in [0.15, 0.2) is 5.82 Å². The van der Waals surface area contributed by atoms with Crippen LogP contribution in [-0.4, -0.2) is 19.7 Å². The van der Waals surface area contributed by atoms with Crippen molar-refractivity contribution in [1.29, 1.82) is 0 Å². The summed E-state index contributed by atoms with van der Waals surface area (Å²) < 4.78 is 39.4. The molecule has 1 aliphatic heterocycles. The zero-order valence-electron chi connectivity index (χ0n) is 10.5. The fourth-order valence-corrected chi connectivity index (χ4v) is 2.10. The van der Waals surface area contributed by atoms with Crippen LogP contribution in [0.4, 0.5) is 24.9 Å². The minimum Gasteiger partial charge on any atom is -0.307 e. The van der Waals surface area contributed by atoms with E-state index in [2.05, 4.69) is 25.7 Å². The van der Waals surface area contributed by atoms with Gasteiger partial charge in [-0.15, -0.1) is 0 Å². The summed E-state index contributed by atoms with van der Waals surface area (Å²) >= 11 is 0. The van der Waals surface area contributed by atoms with E-state index in [9.17, 15) is 13.2 Å². The third-order valence-corrected chi connectivity index (χ3v) is 3.05. The third-order valence-electron chi connectivity index (χ3n) is 3.05. The predicted molar refractivity (Wildman–Crippen MR) is 64.1 cm³/mol. The molecule has 0 aromatic carbocycles. The Balaban J connectivity index is 1.91. The number of hydrogen-bond donors (Lipinski definition) is 2. The lowest BCUT2D eigenvalue weighted by Crippen LogP contribution is -2.11. The maximum atomic E-state index is 12.6. The number of halogens is 3. The molecule has 0 fully saturated rings. The van der Waals surface area contributed by atoms with Gasteiger partial charge in [-0.1, -0.05) is 0 Å². The normalized spacial score (nSPS) is 14.4. The van der Waals surface area contributed by atoms with Crippen molar-refractivity contribution in [1.82, 2.24) is 25.1 Å². The lowest BCUT2D eigenvalue weighted by Gasteiger charge is -2.07. The lowest BCUT2D eigenvalue weighted by atomic mass is 10.3. The topological polar surface area (TPSA) is 67.7 Å². The van der Waals surface area contributed by atoms with Crippen molar-refractivity contribution in [2.45, 2.75) is 19.3 Å². The number of alkyl halides is 3. The first-order valence-electron chi connectivity index (χ1n) is 5.88. The summed E-state index contributed by atoms with van der Waals surface area (Å²) in [5.41, 5.74) is 0.939. The highest BCUT2D eigenvalue weighted by Crippen LogP contribution is 2.29. The summed E-state index contributed by atoms with van der Waals surface area (Å²) in [6, 6.07) is 0.829. The van der Waals surface area contributed by atoms with E-state index >= 15 is 0 Å². The van der Waals surface area contributed by atoms with Crippen LogP contribution in [0.1, 0.15) is 17.0 Å². The number of aromatic nitrogens is 4. The van der Waals surface area contributed by atoms with Crippen LogP contribution >= 0.6 is 0 Å². The highest BCUT2D eigenvalue weighted by molar-refractivity contribution is 5.56. The van der Waals surface area contributed by atoms with Crippen LogP contribution in [0.2, 0.25) is 0 Å². The first-order valence-corrected chi connectivity index (χ1v) is 5.88. The molecule has 0 spiro atoms. The van der Waals surface area contributed by atoms with Crippen LogP contribution < -0.4 is 10.6 Å².